The zero-order valence-corrected chi connectivity index (χ0v) is 15.5. The summed E-state index contributed by atoms with van der Waals surface area (Å²) < 4.78 is 0. The number of nitro groups is 1. The molecule has 0 aliphatic rings. The Balaban J connectivity index is 2.71. The molecule has 1 aromatic rings. The summed E-state index contributed by atoms with van der Waals surface area (Å²) >= 11 is 5.74. The van der Waals surface area contributed by atoms with Crippen molar-refractivity contribution >= 4 is 34.8 Å². The minimum absolute atomic E-state index is 0.0594. The number of likely N-dealkylation sites (N-methyl/N-ethyl adjacent to an activating group) is 1. The molecule has 0 fully saturated rings. The second kappa shape index (κ2) is 8.77. The summed E-state index contributed by atoms with van der Waals surface area (Å²) in [6.45, 7) is 7.91. The first kappa shape index (κ1) is 20.9. The zero-order valence-electron chi connectivity index (χ0n) is 14.8. The quantitative estimate of drug-likeness (QED) is 0.566. The number of benzene rings is 1. The molecule has 0 unspecified atom stereocenters. The van der Waals surface area contributed by atoms with Crippen LogP contribution in [-0.2, 0) is 9.59 Å². The summed E-state index contributed by atoms with van der Waals surface area (Å²) in [6, 6.07) is 4.00. The largest absolute Gasteiger partial charge is 0.350 e. The number of anilines is 1. The van der Waals surface area contributed by atoms with Gasteiger partial charge in [-0.2, -0.15) is 0 Å². The van der Waals surface area contributed by atoms with E-state index < -0.39 is 10.8 Å². The predicted molar refractivity (Wildman–Crippen MR) is 96.7 cm³/mol. The van der Waals surface area contributed by atoms with Crippen molar-refractivity contribution in [3.05, 3.63) is 33.3 Å². The van der Waals surface area contributed by atoms with Crippen LogP contribution >= 0.6 is 11.6 Å². The van der Waals surface area contributed by atoms with Crippen molar-refractivity contribution in [1.29, 1.82) is 0 Å². The van der Waals surface area contributed by atoms with Crippen LogP contribution in [0, 0.1) is 10.1 Å². The number of hydrogen-bond acceptors (Lipinski definition) is 5. The van der Waals surface area contributed by atoms with Gasteiger partial charge in [0.05, 0.1) is 18.0 Å². The average Bonchev–Trinajstić information content (AvgIpc) is 2.46. The number of carbonyl (C=O) groups excluding carboxylic acids is 2. The van der Waals surface area contributed by atoms with Crippen LogP contribution in [0.5, 0.6) is 0 Å². The first-order valence-electron chi connectivity index (χ1n) is 7.79. The van der Waals surface area contributed by atoms with Crippen LogP contribution in [-0.4, -0.2) is 46.8 Å². The van der Waals surface area contributed by atoms with E-state index in [1.807, 2.05) is 27.7 Å². The van der Waals surface area contributed by atoms with E-state index in [4.69, 9.17) is 11.6 Å². The highest BCUT2D eigenvalue weighted by atomic mass is 35.5. The third-order valence-corrected chi connectivity index (χ3v) is 3.36. The Morgan fingerprint density at radius 2 is 1.84 bits per heavy atom. The summed E-state index contributed by atoms with van der Waals surface area (Å²) in [4.78, 5) is 36.2. The Bertz CT molecular complexity index is 658. The maximum absolute atomic E-state index is 12.2. The number of amides is 2. The number of nitrogens with zero attached hydrogens (tertiary/aromatic N) is 2. The first-order chi connectivity index (χ1) is 11.5. The summed E-state index contributed by atoms with van der Waals surface area (Å²) in [7, 11) is 0. The van der Waals surface area contributed by atoms with Crippen molar-refractivity contribution in [2.24, 2.45) is 0 Å². The Morgan fingerprint density at radius 1 is 1.24 bits per heavy atom. The fraction of sp³-hybridized carbons (Fsp3) is 0.500. The lowest BCUT2D eigenvalue weighted by Gasteiger charge is -2.24. The average molecular weight is 371 g/mol. The van der Waals surface area contributed by atoms with Gasteiger partial charge < -0.3 is 10.6 Å². The van der Waals surface area contributed by atoms with E-state index in [1.54, 1.807) is 4.90 Å². The molecule has 1 aromatic carbocycles. The van der Waals surface area contributed by atoms with Crippen LogP contribution in [0.4, 0.5) is 11.4 Å². The predicted octanol–water partition coefficient (Wildman–Crippen LogP) is 2.42. The maximum atomic E-state index is 12.2. The lowest BCUT2D eigenvalue weighted by molar-refractivity contribution is -0.383. The molecular formula is C16H23ClN4O4. The summed E-state index contributed by atoms with van der Waals surface area (Å²) in [5.41, 5.74) is -0.577. The SMILES string of the molecule is CCN(CC(=O)Nc1ccc(Cl)cc1[N+](=O)[O-])CC(=O)NC(C)(C)C. The molecule has 0 spiro atoms. The molecule has 0 radical (unpaired) electrons. The molecule has 2 N–H and O–H groups in total. The molecule has 1 rings (SSSR count). The highest BCUT2D eigenvalue weighted by Gasteiger charge is 2.20. The highest BCUT2D eigenvalue weighted by Crippen LogP contribution is 2.27. The van der Waals surface area contributed by atoms with Crippen molar-refractivity contribution in [2.75, 3.05) is 25.0 Å². The van der Waals surface area contributed by atoms with Crippen LogP contribution in [0.15, 0.2) is 18.2 Å². The number of carbonyl (C=O) groups is 2. The van der Waals surface area contributed by atoms with Gasteiger partial charge in [0.2, 0.25) is 11.8 Å². The summed E-state index contributed by atoms with van der Waals surface area (Å²) in [5, 5.41) is 16.6. The Morgan fingerprint density at radius 3 is 2.36 bits per heavy atom. The third kappa shape index (κ3) is 7.49. The molecule has 0 heterocycles. The fourth-order valence-corrected chi connectivity index (χ4v) is 2.26. The van der Waals surface area contributed by atoms with Gasteiger partial charge >= 0.3 is 0 Å². The van der Waals surface area contributed by atoms with Gasteiger partial charge in [0, 0.05) is 16.6 Å². The van der Waals surface area contributed by atoms with E-state index in [0.29, 0.717) is 6.54 Å². The standard InChI is InChI=1S/C16H23ClN4O4/c1-5-20(10-15(23)19-16(2,3)4)9-14(22)18-12-7-6-11(17)8-13(12)21(24)25/h6-8H,5,9-10H2,1-4H3,(H,18,22)(H,19,23). The molecule has 0 bridgehead atoms. The van der Waals surface area contributed by atoms with E-state index in [9.17, 15) is 19.7 Å². The number of nitro benzene ring substituents is 1. The van der Waals surface area contributed by atoms with E-state index >= 15 is 0 Å². The Kier molecular flexibility index (Phi) is 7.32. The van der Waals surface area contributed by atoms with Crippen LogP contribution in [0.3, 0.4) is 0 Å². The number of rotatable bonds is 7. The molecule has 2 amide bonds. The molecular weight excluding hydrogens is 348 g/mol. The topological polar surface area (TPSA) is 105 Å². The van der Waals surface area contributed by atoms with Gasteiger partial charge in [0.1, 0.15) is 5.69 Å². The number of nitrogens with one attached hydrogen (secondary N) is 2. The number of hydrogen-bond donors (Lipinski definition) is 2. The van der Waals surface area contributed by atoms with Gasteiger partial charge in [0.25, 0.3) is 5.69 Å². The van der Waals surface area contributed by atoms with Gasteiger partial charge in [-0.1, -0.05) is 18.5 Å². The Labute approximate surface area is 151 Å². The molecule has 8 nitrogen and oxygen atoms in total. The van der Waals surface area contributed by atoms with Crippen molar-refractivity contribution in [1.82, 2.24) is 10.2 Å². The second-order valence-electron chi connectivity index (χ2n) is 6.57. The van der Waals surface area contributed by atoms with Crippen molar-refractivity contribution in [3.63, 3.8) is 0 Å². The monoisotopic (exact) mass is 370 g/mol. The molecule has 0 saturated carbocycles. The smallest absolute Gasteiger partial charge is 0.294 e. The van der Waals surface area contributed by atoms with Crippen LogP contribution in [0.25, 0.3) is 0 Å². The summed E-state index contributed by atoms with van der Waals surface area (Å²) in [5.74, 6) is -0.643. The first-order valence-corrected chi connectivity index (χ1v) is 8.16. The molecule has 0 aliphatic heterocycles. The maximum Gasteiger partial charge on any atom is 0.294 e. The second-order valence-corrected chi connectivity index (χ2v) is 7.00. The van der Waals surface area contributed by atoms with Crippen LogP contribution in [0.2, 0.25) is 5.02 Å². The molecule has 0 aromatic heterocycles. The van der Waals surface area contributed by atoms with Gasteiger partial charge in [-0.15, -0.1) is 0 Å². The minimum atomic E-state index is -0.615. The normalized spacial score (nSPS) is 11.3. The van der Waals surface area contributed by atoms with Crippen molar-refractivity contribution < 1.29 is 14.5 Å². The van der Waals surface area contributed by atoms with Crippen LogP contribution in [0.1, 0.15) is 27.7 Å². The fourth-order valence-electron chi connectivity index (χ4n) is 2.09. The molecule has 9 heteroatoms. The molecule has 0 aliphatic carbocycles. The van der Waals surface area contributed by atoms with Crippen LogP contribution < -0.4 is 10.6 Å². The van der Waals surface area contributed by atoms with Crippen molar-refractivity contribution in [2.45, 2.75) is 33.2 Å². The number of halogens is 1. The third-order valence-electron chi connectivity index (χ3n) is 3.13. The van der Waals surface area contributed by atoms with E-state index in [1.165, 1.54) is 18.2 Å². The highest BCUT2D eigenvalue weighted by molar-refractivity contribution is 6.31. The molecule has 25 heavy (non-hydrogen) atoms. The zero-order chi connectivity index (χ0) is 19.2. The molecule has 0 saturated heterocycles. The Hall–Kier alpha value is -2.19. The summed E-state index contributed by atoms with van der Waals surface area (Å²) in [6.07, 6.45) is 0. The van der Waals surface area contributed by atoms with Gasteiger partial charge in [0.15, 0.2) is 0 Å². The molecule has 0 atom stereocenters. The minimum Gasteiger partial charge on any atom is -0.350 e. The van der Waals surface area contributed by atoms with Crippen molar-refractivity contribution in [3.8, 4) is 0 Å². The van der Waals surface area contributed by atoms with E-state index in [2.05, 4.69) is 10.6 Å². The van der Waals surface area contributed by atoms with Gasteiger partial charge in [-0.05, 0) is 39.4 Å². The lowest BCUT2D eigenvalue weighted by Crippen LogP contribution is -2.47. The molecule has 138 valence electrons. The van der Waals surface area contributed by atoms with Gasteiger partial charge in [-0.3, -0.25) is 24.6 Å². The van der Waals surface area contributed by atoms with E-state index in [-0.39, 0.29) is 40.9 Å². The van der Waals surface area contributed by atoms with Gasteiger partial charge in [-0.25, -0.2) is 0 Å². The van der Waals surface area contributed by atoms with E-state index in [0.717, 1.165) is 0 Å². The lowest BCUT2D eigenvalue weighted by atomic mass is 10.1.